The fourth-order valence-electron chi connectivity index (χ4n) is 10.4. The number of carbonyl (C=O) groups is 6. The van der Waals surface area contributed by atoms with Gasteiger partial charge in [0.05, 0.1) is 31.5 Å². The fourth-order valence-corrected chi connectivity index (χ4v) is 10.4. The van der Waals surface area contributed by atoms with Crippen molar-refractivity contribution in [1.29, 1.82) is 0 Å². The third-order valence-corrected chi connectivity index (χ3v) is 15.5. The molecule has 1 amide bonds. The molecular formula is C55H85NO16. The Balaban J connectivity index is 1.68. The minimum atomic E-state index is -2.46. The first-order valence-electron chi connectivity index (χ1n) is 26.0. The third kappa shape index (κ3) is 15.8. The average Bonchev–Trinajstić information content (AvgIpc) is 3.36. The quantitative estimate of drug-likeness (QED) is 0.0935. The highest BCUT2D eigenvalue weighted by Crippen LogP contribution is 2.38. The van der Waals surface area contributed by atoms with Crippen LogP contribution >= 0.6 is 0 Å². The van der Waals surface area contributed by atoms with Gasteiger partial charge < -0.3 is 53.7 Å². The van der Waals surface area contributed by atoms with Crippen molar-refractivity contribution in [1.82, 2.24) is 4.90 Å². The van der Waals surface area contributed by atoms with Gasteiger partial charge in [-0.05, 0) is 101 Å². The Morgan fingerprint density at radius 2 is 1.54 bits per heavy atom. The van der Waals surface area contributed by atoms with Crippen LogP contribution in [0.5, 0.6) is 0 Å². The van der Waals surface area contributed by atoms with Crippen LogP contribution < -0.4 is 0 Å². The number of aliphatic hydroxyl groups excluding tert-OH is 3. The number of amides is 1. The summed E-state index contributed by atoms with van der Waals surface area (Å²) in [6.07, 6.45) is 11.4. The summed E-state index contributed by atoms with van der Waals surface area (Å²) in [4.78, 5) is 85.2. The Kier molecular flexibility index (Phi) is 23.7. The van der Waals surface area contributed by atoms with Crippen molar-refractivity contribution in [2.24, 2.45) is 40.9 Å². The van der Waals surface area contributed by atoms with E-state index in [0.717, 1.165) is 4.90 Å². The van der Waals surface area contributed by atoms with Crippen molar-refractivity contribution in [3.8, 4) is 0 Å². The van der Waals surface area contributed by atoms with Crippen LogP contribution in [0.15, 0.2) is 48.1 Å². The summed E-state index contributed by atoms with van der Waals surface area (Å²) in [7, 11) is 4.41. The molecule has 4 aliphatic rings. The summed E-state index contributed by atoms with van der Waals surface area (Å²) in [5.41, 5.74) is -1.14. The maximum atomic E-state index is 14.5. The molecule has 3 aliphatic heterocycles. The van der Waals surface area contributed by atoms with Gasteiger partial charge in [0.2, 0.25) is 5.79 Å². The second-order valence-electron chi connectivity index (χ2n) is 21.4. The normalized spacial score (nSPS) is 37.4. The number of hydrogen-bond acceptors (Lipinski definition) is 16. The molecule has 0 aromatic rings. The van der Waals surface area contributed by atoms with E-state index >= 15 is 0 Å². The van der Waals surface area contributed by atoms with E-state index in [1.165, 1.54) is 21.1 Å². The van der Waals surface area contributed by atoms with Gasteiger partial charge in [-0.2, -0.15) is 0 Å². The van der Waals surface area contributed by atoms with E-state index in [2.05, 4.69) is 0 Å². The first-order valence-corrected chi connectivity index (χ1v) is 26.0. The zero-order chi connectivity index (χ0) is 53.5. The lowest BCUT2D eigenvalue weighted by atomic mass is 9.78. The molecule has 0 unspecified atom stereocenters. The Labute approximate surface area is 426 Å². The maximum absolute atomic E-state index is 14.5. The number of esters is 2. The smallest absolute Gasteiger partial charge is 0.329 e. The minimum Gasteiger partial charge on any atom is -0.460 e. The van der Waals surface area contributed by atoms with Gasteiger partial charge in [-0.3, -0.25) is 24.0 Å². The zero-order valence-electron chi connectivity index (χ0n) is 44.4. The van der Waals surface area contributed by atoms with Crippen LogP contribution in [0.2, 0.25) is 0 Å². The Morgan fingerprint density at radius 3 is 2.18 bits per heavy atom. The summed E-state index contributed by atoms with van der Waals surface area (Å²) >= 11 is 0. The van der Waals surface area contributed by atoms with Crippen LogP contribution in [0, 0.1) is 40.9 Å². The largest absolute Gasteiger partial charge is 0.460 e. The van der Waals surface area contributed by atoms with E-state index in [1.807, 2.05) is 50.3 Å². The number of nitrogens with zero attached hydrogens (tertiary/aromatic N) is 1. The zero-order valence-corrected chi connectivity index (χ0v) is 44.4. The molecular weight excluding hydrogens is 932 g/mol. The molecule has 0 radical (unpaired) electrons. The van der Waals surface area contributed by atoms with Crippen LogP contribution in [-0.2, 0) is 57.2 Å². The molecule has 4 rings (SSSR count). The van der Waals surface area contributed by atoms with E-state index in [0.29, 0.717) is 63.4 Å². The highest BCUT2D eigenvalue weighted by Gasteiger charge is 2.53. The molecule has 4 N–H and O–H groups in total. The second kappa shape index (κ2) is 28.1. The van der Waals surface area contributed by atoms with Gasteiger partial charge in [-0.15, -0.1) is 0 Å². The molecule has 2 bridgehead atoms. The Hall–Kier alpha value is -3.94. The fraction of sp³-hybridized carbons (Fsp3) is 0.745. The van der Waals surface area contributed by atoms with Gasteiger partial charge in [0, 0.05) is 58.5 Å². The lowest BCUT2D eigenvalue weighted by Gasteiger charge is -2.42. The van der Waals surface area contributed by atoms with E-state index in [1.54, 1.807) is 40.9 Å². The van der Waals surface area contributed by atoms with Crippen molar-refractivity contribution in [2.75, 3.05) is 41.1 Å². The molecule has 1 aliphatic carbocycles. The molecule has 72 heavy (non-hydrogen) atoms. The highest BCUT2D eigenvalue weighted by atomic mass is 16.6. The monoisotopic (exact) mass is 1020 g/mol. The summed E-state index contributed by atoms with van der Waals surface area (Å²) in [6.45, 7) is 10.8. The van der Waals surface area contributed by atoms with Crippen molar-refractivity contribution >= 4 is 35.2 Å². The molecule has 1 saturated carbocycles. The molecule has 15 atom stereocenters. The summed E-state index contributed by atoms with van der Waals surface area (Å²) in [5.74, 6) is -9.35. The van der Waals surface area contributed by atoms with Crippen LogP contribution in [0.1, 0.15) is 126 Å². The topological polar surface area (TPSA) is 242 Å². The van der Waals surface area contributed by atoms with Gasteiger partial charge in [0.15, 0.2) is 5.78 Å². The molecule has 17 nitrogen and oxygen atoms in total. The number of rotatable bonds is 10. The number of aliphatic hydroxyl groups is 4. The lowest BCUT2D eigenvalue weighted by Crippen LogP contribution is -2.60. The first kappa shape index (κ1) is 60.6. The highest BCUT2D eigenvalue weighted by molar-refractivity contribution is 6.39. The maximum Gasteiger partial charge on any atom is 0.329 e. The molecule has 406 valence electrons. The number of allylic oxidation sites excluding steroid dienone is 6. The first-order chi connectivity index (χ1) is 34.1. The van der Waals surface area contributed by atoms with E-state index < -0.39 is 120 Å². The number of methoxy groups -OCH3 is 3. The van der Waals surface area contributed by atoms with E-state index in [9.17, 15) is 49.2 Å². The summed E-state index contributed by atoms with van der Waals surface area (Å²) in [6, 6.07) is -1.20. The standard InChI is InChI=1S/C55H85NO16/c1-33-17-13-11-12-14-18-40(67-8)29-41-22-20-38(6)55(66,72-41)50(62)51(63)56-24-16-15-19-42(56)52(64)70-45(30-43(59)34(2)26-37(5)48(61)49(69-10)47(60)36(4)25-33)35(3)27-39-21-23-44(46(28-39)68-9)71-53(65)54(7,31-57)32-58/h11-14,17-18,26,33-36,38-42,44-46,48-49,57-58,61,66H,15-16,19-25,27-32H2,1-10H3/b12-11+,17-13+,18-14+,37-26+/t33-,34-,35-,36-,38-,39+,40-,41+,42+,44-,45+,46-,48-,49+,55-/m1/s1/i9+1. The van der Waals surface area contributed by atoms with E-state index in [-0.39, 0.29) is 49.2 Å². The molecule has 3 fully saturated rings. The number of fused-ring (bicyclic) bond motifs is 3. The number of hydrogen-bond donors (Lipinski definition) is 4. The second-order valence-corrected chi connectivity index (χ2v) is 21.4. The molecule has 2 saturated heterocycles. The van der Waals surface area contributed by atoms with Crippen molar-refractivity contribution in [3.05, 3.63) is 48.1 Å². The van der Waals surface area contributed by atoms with Crippen LogP contribution in [0.3, 0.4) is 0 Å². The Bertz CT molecular complexity index is 1960. The number of carbonyl (C=O) groups excluding carboxylic acids is 6. The molecule has 0 spiro atoms. The van der Waals surface area contributed by atoms with Gasteiger partial charge >= 0.3 is 11.9 Å². The van der Waals surface area contributed by atoms with Crippen molar-refractivity contribution < 1.29 is 77.6 Å². The molecule has 0 aromatic carbocycles. The number of ether oxygens (including phenoxy) is 6. The van der Waals surface area contributed by atoms with Crippen LogP contribution in [0.25, 0.3) is 0 Å². The number of cyclic esters (lactones) is 1. The lowest BCUT2D eigenvalue weighted by molar-refractivity contribution is -0.265. The van der Waals surface area contributed by atoms with Gasteiger partial charge in [0.1, 0.15) is 41.7 Å². The number of piperidine rings is 1. The molecule has 0 aromatic heterocycles. The summed E-state index contributed by atoms with van der Waals surface area (Å²) < 4.78 is 35.2. The van der Waals surface area contributed by atoms with Crippen LogP contribution in [-0.4, -0.2) is 156 Å². The molecule has 3 heterocycles. The predicted molar refractivity (Wildman–Crippen MR) is 267 cm³/mol. The van der Waals surface area contributed by atoms with Gasteiger partial charge in [0.25, 0.3) is 11.7 Å². The van der Waals surface area contributed by atoms with Gasteiger partial charge in [-0.25, -0.2) is 4.79 Å². The van der Waals surface area contributed by atoms with E-state index in [4.69, 9.17) is 28.4 Å². The molecule has 17 heteroatoms. The Morgan fingerprint density at radius 1 is 0.861 bits per heavy atom. The minimum absolute atomic E-state index is 0.00335. The average molecular weight is 1020 g/mol. The van der Waals surface area contributed by atoms with Crippen molar-refractivity contribution in [3.63, 3.8) is 0 Å². The van der Waals surface area contributed by atoms with Crippen molar-refractivity contribution in [2.45, 2.75) is 180 Å². The number of ketones is 3. The third-order valence-electron chi connectivity index (χ3n) is 15.5. The van der Waals surface area contributed by atoms with Gasteiger partial charge in [-0.1, -0.05) is 77.2 Å². The predicted octanol–water partition coefficient (Wildman–Crippen LogP) is 5.33. The summed E-state index contributed by atoms with van der Waals surface area (Å²) in [5, 5.41) is 43.0. The van der Waals surface area contributed by atoms with Crippen LogP contribution in [0.4, 0.5) is 0 Å². The number of Topliss-reactive ketones (excluding diaryl/α,β-unsaturated/α-hetero) is 3. The SMILES string of the molecule is CO[C@@H]1/C=C/C=C/C=C/[C@@H](C)C[C@@H](C)C(=O)[C@H](OC)[C@H](O)/C(C)=C/[C@@H](C)C(=O)C[C@@H]([C@H](C)C[C@@H]2CC[C@@H](OC(=O)C(C)(CO)CO)[C@H](O[13CH3])C2)OC(=O)[C@@H]2CCCCN2C(=O)C(=O)[C@]2(O)O[C@@H](CC[C@H]2C)C1.